The molecule has 0 aliphatic carbocycles. The Kier molecular flexibility index (Phi) is 8.33. The van der Waals surface area contributed by atoms with E-state index < -0.39 is 41.3 Å². The summed E-state index contributed by atoms with van der Waals surface area (Å²) in [6.07, 6.45) is 3.06. The van der Waals surface area contributed by atoms with Crippen LogP contribution in [0.25, 0.3) is 11.1 Å². The van der Waals surface area contributed by atoms with Crippen LogP contribution in [0.1, 0.15) is 52.1 Å². The van der Waals surface area contributed by atoms with E-state index in [0.717, 1.165) is 29.8 Å². The molecule has 3 aromatic carbocycles. The minimum absolute atomic E-state index is 0.0514. The Hall–Kier alpha value is -4.99. The Morgan fingerprint density at radius 1 is 0.976 bits per heavy atom. The molecule has 3 amide bonds. The number of primary amides is 1. The largest absolute Gasteiger partial charge is 0.366 e. The van der Waals surface area contributed by atoms with Gasteiger partial charge in [0.05, 0.1) is 23.3 Å². The average Bonchev–Trinajstić information content (AvgIpc) is 3.41. The highest BCUT2D eigenvalue weighted by Crippen LogP contribution is 2.36. The van der Waals surface area contributed by atoms with Crippen LogP contribution in [-0.2, 0) is 16.0 Å². The number of pyridine rings is 1. The molecule has 214 valence electrons. The molecule has 7 nitrogen and oxygen atoms in total. The average molecular weight is 573 g/mol. The molecule has 0 spiro atoms. The molecular weight excluding hydrogens is 545 g/mol. The van der Waals surface area contributed by atoms with E-state index in [0.29, 0.717) is 36.1 Å². The summed E-state index contributed by atoms with van der Waals surface area (Å²) in [6.45, 7) is 0. The predicted octanol–water partition coefficient (Wildman–Crippen LogP) is 5.03. The number of carbonyl (C=O) groups is 3. The van der Waals surface area contributed by atoms with Crippen LogP contribution in [-0.4, -0.2) is 34.2 Å². The molecule has 5 rings (SSSR count). The third kappa shape index (κ3) is 6.02. The van der Waals surface area contributed by atoms with Crippen LogP contribution in [0.5, 0.6) is 0 Å². The van der Waals surface area contributed by atoms with Gasteiger partial charge in [0.25, 0.3) is 5.91 Å². The summed E-state index contributed by atoms with van der Waals surface area (Å²) in [6, 6.07) is 17.6. The smallest absolute Gasteiger partial charge is 0.251 e. The zero-order valence-electron chi connectivity index (χ0n) is 22.3. The fourth-order valence-electron chi connectivity index (χ4n) is 5.53. The lowest BCUT2D eigenvalue weighted by molar-refractivity contribution is -0.133. The Labute approximate surface area is 240 Å². The van der Waals surface area contributed by atoms with Crippen LogP contribution in [0.15, 0.2) is 85.1 Å². The molecule has 3 N–H and O–H groups in total. The van der Waals surface area contributed by atoms with Crippen LogP contribution in [0.2, 0.25) is 0 Å². The number of hydrogen-bond donors (Lipinski definition) is 2. The van der Waals surface area contributed by atoms with Gasteiger partial charge in [0.15, 0.2) is 0 Å². The number of hydrogen-bond acceptors (Lipinski definition) is 4. The van der Waals surface area contributed by atoms with Gasteiger partial charge in [0, 0.05) is 17.8 Å². The van der Waals surface area contributed by atoms with E-state index in [9.17, 15) is 27.6 Å². The van der Waals surface area contributed by atoms with Crippen LogP contribution in [0.3, 0.4) is 0 Å². The minimum atomic E-state index is -0.956. The fourth-order valence-corrected chi connectivity index (χ4v) is 5.53. The van der Waals surface area contributed by atoms with E-state index in [1.54, 1.807) is 12.1 Å². The van der Waals surface area contributed by atoms with E-state index in [2.05, 4.69) is 10.3 Å². The van der Waals surface area contributed by atoms with Gasteiger partial charge < -0.3 is 16.0 Å². The molecule has 3 unspecified atom stereocenters. The maximum Gasteiger partial charge on any atom is 0.251 e. The summed E-state index contributed by atoms with van der Waals surface area (Å²) in [5.41, 5.74) is 7.35. The molecule has 1 aromatic heterocycles. The molecule has 0 bridgehead atoms. The van der Waals surface area contributed by atoms with Crippen molar-refractivity contribution in [1.29, 1.82) is 0 Å². The van der Waals surface area contributed by atoms with Gasteiger partial charge >= 0.3 is 0 Å². The van der Waals surface area contributed by atoms with Gasteiger partial charge in [-0.05, 0) is 66.3 Å². The first kappa shape index (κ1) is 28.5. The number of benzene rings is 3. The molecule has 0 radical (unpaired) electrons. The molecule has 1 fully saturated rings. The molecule has 42 heavy (non-hydrogen) atoms. The van der Waals surface area contributed by atoms with Gasteiger partial charge in [0.1, 0.15) is 23.5 Å². The first-order chi connectivity index (χ1) is 20.2. The van der Waals surface area contributed by atoms with Crippen molar-refractivity contribution in [2.45, 2.75) is 37.4 Å². The number of amides is 3. The third-order valence-corrected chi connectivity index (χ3v) is 7.43. The summed E-state index contributed by atoms with van der Waals surface area (Å²) < 4.78 is 42.5. The minimum Gasteiger partial charge on any atom is -0.366 e. The van der Waals surface area contributed by atoms with Crippen molar-refractivity contribution >= 4 is 18.2 Å². The highest BCUT2D eigenvalue weighted by Gasteiger charge is 2.38. The number of likely N-dealkylation sites (tertiary alicyclic amines) is 1. The number of halogens is 3. The van der Waals surface area contributed by atoms with Crippen molar-refractivity contribution in [3.63, 3.8) is 0 Å². The molecule has 4 aromatic rings. The second-order valence-electron chi connectivity index (χ2n) is 10.1. The molecule has 1 saturated heterocycles. The normalized spacial score (nSPS) is 17.1. The van der Waals surface area contributed by atoms with E-state index >= 15 is 0 Å². The van der Waals surface area contributed by atoms with Crippen LogP contribution in [0, 0.1) is 17.5 Å². The molecule has 1 aliphatic heterocycles. The Balaban J connectivity index is 1.52. The quantitative estimate of drug-likeness (QED) is 0.275. The highest BCUT2D eigenvalue weighted by molar-refractivity contribution is 5.94. The molecule has 3 atom stereocenters. The fraction of sp³-hybridized carbons (Fsp3) is 0.188. The third-order valence-electron chi connectivity index (χ3n) is 7.43. The van der Waals surface area contributed by atoms with E-state index in [1.807, 2.05) is 30.3 Å². The number of rotatable bonds is 9. The lowest BCUT2D eigenvalue weighted by Crippen LogP contribution is -2.45. The number of aromatic nitrogens is 1. The second kappa shape index (κ2) is 12.3. The van der Waals surface area contributed by atoms with Crippen molar-refractivity contribution in [1.82, 2.24) is 15.2 Å². The molecule has 10 heteroatoms. The monoisotopic (exact) mass is 572 g/mol. The Morgan fingerprint density at radius 2 is 1.71 bits per heavy atom. The summed E-state index contributed by atoms with van der Waals surface area (Å²) in [4.78, 5) is 43.7. The van der Waals surface area contributed by atoms with Crippen molar-refractivity contribution in [2.75, 3.05) is 0 Å². The van der Waals surface area contributed by atoms with Crippen molar-refractivity contribution < 1.29 is 27.6 Å². The lowest BCUT2D eigenvalue weighted by atomic mass is 9.94. The topological polar surface area (TPSA) is 105 Å². The van der Waals surface area contributed by atoms with E-state index in [1.165, 1.54) is 23.2 Å². The predicted molar refractivity (Wildman–Crippen MR) is 149 cm³/mol. The number of nitrogens with zero attached hydrogens (tertiary/aromatic N) is 2. The van der Waals surface area contributed by atoms with Gasteiger partial charge in [-0.2, -0.15) is 0 Å². The SMILES string of the molecule is NC(=O)c1cc(-c2cccnc2C(Cc2cc(F)cc(F)c2)NC(=O)C2CCC(c3ccccc3)N2C=O)ccc1F. The first-order valence-corrected chi connectivity index (χ1v) is 13.3. The number of nitrogens with one attached hydrogen (secondary N) is 1. The summed E-state index contributed by atoms with van der Waals surface area (Å²) >= 11 is 0. The van der Waals surface area contributed by atoms with Crippen LogP contribution in [0.4, 0.5) is 13.2 Å². The molecule has 1 aliphatic rings. The highest BCUT2D eigenvalue weighted by atomic mass is 19.1. The van der Waals surface area contributed by atoms with Gasteiger partial charge in [-0.1, -0.05) is 42.5 Å². The van der Waals surface area contributed by atoms with Gasteiger partial charge in [-0.25, -0.2) is 13.2 Å². The van der Waals surface area contributed by atoms with Crippen LogP contribution < -0.4 is 11.1 Å². The lowest BCUT2D eigenvalue weighted by Gasteiger charge is -2.28. The standard InChI is InChI=1S/C32H27F3N4O3/c33-22-13-19(14-23(34)17-22)15-27(30-24(7-4-12-37-30)21-8-9-26(35)25(16-21)31(36)41)38-32(42)29-11-10-28(39(29)18-40)20-5-2-1-3-6-20/h1-9,12-14,16-18,27-29H,10-11,15H2,(H2,36,41)(H,38,42). The van der Waals surface area contributed by atoms with Crippen molar-refractivity contribution in [3.8, 4) is 11.1 Å². The first-order valence-electron chi connectivity index (χ1n) is 13.3. The van der Waals surface area contributed by atoms with Gasteiger partial charge in [-0.3, -0.25) is 19.4 Å². The van der Waals surface area contributed by atoms with Gasteiger partial charge in [0.2, 0.25) is 12.3 Å². The van der Waals surface area contributed by atoms with Crippen molar-refractivity contribution in [3.05, 3.63) is 125 Å². The summed E-state index contributed by atoms with van der Waals surface area (Å²) in [7, 11) is 0. The van der Waals surface area contributed by atoms with E-state index in [4.69, 9.17) is 5.73 Å². The zero-order chi connectivity index (χ0) is 29.8. The van der Waals surface area contributed by atoms with Crippen molar-refractivity contribution in [2.24, 2.45) is 5.73 Å². The number of nitrogens with two attached hydrogens (primary N) is 1. The maximum atomic E-state index is 14.3. The Morgan fingerprint density at radius 3 is 2.40 bits per heavy atom. The van der Waals surface area contributed by atoms with Gasteiger partial charge in [-0.15, -0.1) is 0 Å². The maximum absolute atomic E-state index is 14.3. The second-order valence-corrected chi connectivity index (χ2v) is 10.1. The molecule has 0 saturated carbocycles. The molecular formula is C32H27F3N4O3. The van der Waals surface area contributed by atoms with Crippen LogP contribution >= 0.6 is 0 Å². The molecule has 2 heterocycles. The number of carbonyl (C=O) groups excluding carboxylic acids is 3. The van der Waals surface area contributed by atoms with E-state index in [-0.39, 0.29) is 23.6 Å². The Bertz CT molecular complexity index is 1610. The zero-order valence-corrected chi connectivity index (χ0v) is 22.3. The summed E-state index contributed by atoms with van der Waals surface area (Å²) in [5.74, 6) is -3.77. The summed E-state index contributed by atoms with van der Waals surface area (Å²) in [5, 5.41) is 2.95.